The molecule has 0 unspecified atom stereocenters. The quantitative estimate of drug-likeness (QED) is 0.706. The highest BCUT2D eigenvalue weighted by molar-refractivity contribution is 7.23. The maximum absolute atomic E-state index is 11.9. The molecule has 3 rings (SSSR count). The average molecular weight is 366 g/mol. The molecule has 0 saturated heterocycles. The molecule has 118 valence electrons. The highest BCUT2D eigenvalue weighted by Gasteiger charge is 2.10. The molecule has 0 aliphatic heterocycles. The number of thiophene rings is 1. The van der Waals surface area contributed by atoms with E-state index in [2.05, 4.69) is 15.5 Å². The van der Waals surface area contributed by atoms with Crippen molar-refractivity contribution in [3.8, 4) is 15.6 Å². The number of hydrogen-bond donors (Lipinski definition) is 1. The fraction of sp³-hybridized carbons (Fsp3) is 0.133. The summed E-state index contributed by atoms with van der Waals surface area (Å²) in [5, 5.41) is 14.5. The first-order valence-corrected chi connectivity index (χ1v) is 8.84. The van der Waals surface area contributed by atoms with E-state index in [1.165, 1.54) is 11.3 Å². The lowest BCUT2D eigenvalue weighted by Crippen LogP contribution is -2.15. The number of aromatic nitrogens is 2. The van der Waals surface area contributed by atoms with Crippen LogP contribution in [0, 0.1) is 0 Å². The number of rotatable bonds is 6. The third kappa shape index (κ3) is 4.28. The van der Waals surface area contributed by atoms with Crippen LogP contribution in [0.2, 0.25) is 5.02 Å². The van der Waals surface area contributed by atoms with Crippen molar-refractivity contribution in [3.63, 3.8) is 0 Å². The number of ether oxygens (including phenoxy) is 1. The Hall–Kier alpha value is -1.96. The maximum Gasteiger partial charge on any atom is 0.229 e. The van der Waals surface area contributed by atoms with Gasteiger partial charge in [-0.1, -0.05) is 41.1 Å². The Kier molecular flexibility index (Phi) is 5.22. The summed E-state index contributed by atoms with van der Waals surface area (Å²) in [7, 11) is 0. The number of nitrogens with zero attached hydrogens (tertiary/aromatic N) is 2. The molecule has 8 heteroatoms. The molecule has 0 aliphatic carbocycles. The molecule has 1 amide bonds. The van der Waals surface area contributed by atoms with Crippen molar-refractivity contribution in [2.75, 3.05) is 11.9 Å². The van der Waals surface area contributed by atoms with Crippen LogP contribution in [0.25, 0.3) is 9.88 Å². The molecule has 0 radical (unpaired) electrons. The van der Waals surface area contributed by atoms with Gasteiger partial charge in [-0.3, -0.25) is 4.79 Å². The summed E-state index contributed by atoms with van der Waals surface area (Å²) in [6.45, 7) is 0.242. The van der Waals surface area contributed by atoms with Crippen LogP contribution < -0.4 is 10.1 Å². The Morgan fingerprint density at radius 2 is 2.09 bits per heavy atom. The third-order valence-corrected chi connectivity index (χ3v) is 5.02. The highest BCUT2D eigenvalue weighted by atomic mass is 35.5. The summed E-state index contributed by atoms with van der Waals surface area (Å²) in [6, 6.07) is 11.1. The van der Waals surface area contributed by atoms with Gasteiger partial charge in [0.25, 0.3) is 0 Å². The fourth-order valence-corrected chi connectivity index (χ4v) is 3.51. The second kappa shape index (κ2) is 7.54. The molecule has 3 aromatic rings. The van der Waals surface area contributed by atoms with Gasteiger partial charge in [-0.15, -0.1) is 21.5 Å². The van der Waals surface area contributed by atoms with Crippen molar-refractivity contribution in [2.24, 2.45) is 0 Å². The van der Waals surface area contributed by atoms with Gasteiger partial charge in [-0.25, -0.2) is 0 Å². The summed E-state index contributed by atoms with van der Waals surface area (Å²) in [4.78, 5) is 12.9. The molecular formula is C15H12ClN3O2S2. The first-order valence-electron chi connectivity index (χ1n) is 6.77. The Balaban J connectivity index is 1.49. The number of carbonyl (C=O) groups excluding carboxylic acids is 1. The average Bonchev–Trinajstić information content (AvgIpc) is 3.20. The summed E-state index contributed by atoms with van der Waals surface area (Å²) in [5.41, 5.74) is 0. The smallest absolute Gasteiger partial charge is 0.229 e. The van der Waals surface area contributed by atoms with Gasteiger partial charge >= 0.3 is 0 Å². The molecule has 0 fully saturated rings. The van der Waals surface area contributed by atoms with Crippen molar-refractivity contribution in [3.05, 3.63) is 46.8 Å². The number of carbonyl (C=O) groups is 1. The molecule has 23 heavy (non-hydrogen) atoms. The van der Waals surface area contributed by atoms with E-state index < -0.39 is 0 Å². The molecule has 5 nitrogen and oxygen atoms in total. The first-order chi connectivity index (χ1) is 11.2. The zero-order chi connectivity index (χ0) is 16.1. The lowest BCUT2D eigenvalue weighted by molar-refractivity contribution is -0.116. The molecule has 0 saturated carbocycles. The summed E-state index contributed by atoms with van der Waals surface area (Å²) < 4.78 is 5.49. The van der Waals surface area contributed by atoms with Gasteiger partial charge in [0, 0.05) is 0 Å². The highest BCUT2D eigenvalue weighted by Crippen LogP contribution is 2.29. The van der Waals surface area contributed by atoms with Crippen molar-refractivity contribution in [1.29, 1.82) is 0 Å². The number of benzene rings is 1. The minimum atomic E-state index is -0.175. The van der Waals surface area contributed by atoms with Crippen LogP contribution >= 0.6 is 34.3 Å². The number of amides is 1. The van der Waals surface area contributed by atoms with Crippen LogP contribution in [0.3, 0.4) is 0 Å². The molecule has 1 aromatic carbocycles. The Labute approximate surface area is 145 Å². The van der Waals surface area contributed by atoms with Crippen LogP contribution in [0.4, 0.5) is 5.13 Å². The van der Waals surface area contributed by atoms with E-state index in [4.69, 9.17) is 16.3 Å². The Morgan fingerprint density at radius 1 is 1.22 bits per heavy atom. The van der Waals surface area contributed by atoms with Crippen LogP contribution in [0.5, 0.6) is 5.75 Å². The standard InChI is InChI=1S/C15H12ClN3O2S2/c16-10-4-1-2-5-11(10)21-8-7-13(20)17-15-19-18-14(23-15)12-6-3-9-22-12/h1-6,9H,7-8H2,(H,17,19,20). The molecule has 0 bridgehead atoms. The summed E-state index contributed by atoms with van der Waals surface area (Å²) in [6.07, 6.45) is 0.207. The van der Waals surface area contributed by atoms with Gasteiger partial charge < -0.3 is 10.1 Å². The molecule has 0 aliphatic rings. The van der Waals surface area contributed by atoms with Crippen LogP contribution in [-0.4, -0.2) is 22.7 Å². The second-order valence-corrected chi connectivity index (χ2v) is 6.80. The van der Waals surface area contributed by atoms with E-state index in [1.54, 1.807) is 23.5 Å². The molecule has 2 aromatic heterocycles. The monoisotopic (exact) mass is 365 g/mol. The molecule has 2 heterocycles. The minimum absolute atomic E-state index is 0.175. The van der Waals surface area contributed by atoms with Gasteiger partial charge in [0.15, 0.2) is 5.01 Å². The van der Waals surface area contributed by atoms with Crippen molar-refractivity contribution >= 4 is 45.3 Å². The lowest BCUT2D eigenvalue weighted by Gasteiger charge is -2.07. The van der Waals surface area contributed by atoms with E-state index in [-0.39, 0.29) is 18.9 Å². The van der Waals surface area contributed by atoms with Gasteiger partial charge in [-0.2, -0.15) is 0 Å². The normalized spacial score (nSPS) is 10.5. The van der Waals surface area contributed by atoms with Crippen molar-refractivity contribution in [1.82, 2.24) is 10.2 Å². The number of hydrogen-bond acceptors (Lipinski definition) is 6. The molecule has 1 N–H and O–H groups in total. The van der Waals surface area contributed by atoms with Crippen LogP contribution in [-0.2, 0) is 4.79 Å². The fourth-order valence-electron chi connectivity index (χ4n) is 1.77. The molecular weight excluding hydrogens is 354 g/mol. The SMILES string of the molecule is O=C(CCOc1ccccc1Cl)Nc1nnc(-c2cccs2)s1. The van der Waals surface area contributed by atoms with Crippen LogP contribution in [0.1, 0.15) is 6.42 Å². The number of para-hydroxylation sites is 1. The second-order valence-electron chi connectivity index (χ2n) is 4.47. The number of anilines is 1. The zero-order valence-corrected chi connectivity index (χ0v) is 14.2. The van der Waals surface area contributed by atoms with Gasteiger partial charge in [0.05, 0.1) is 22.9 Å². The lowest BCUT2D eigenvalue weighted by atomic mass is 10.3. The van der Waals surface area contributed by atoms with E-state index in [0.29, 0.717) is 15.9 Å². The van der Waals surface area contributed by atoms with Crippen LogP contribution in [0.15, 0.2) is 41.8 Å². The topological polar surface area (TPSA) is 64.1 Å². The minimum Gasteiger partial charge on any atom is -0.491 e. The predicted molar refractivity (Wildman–Crippen MR) is 93.4 cm³/mol. The Bertz CT molecular complexity index is 790. The summed E-state index contributed by atoms with van der Waals surface area (Å²) in [5.74, 6) is 0.392. The number of halogens is 1. The van der Waals surface area contributed by atoms with Gasteiger partial charge in [0.2, 0.25) is 11.0 Å². The van der Waals surface area contributed by atoms with E-state index in [9.17, 15) is 4.79 Å². The zero-order valence-electron chi connectivity index (χ0n) is 11.9. The van der Waals surface area contributed by atoms with Gasteiger partial charge in [-0.05, 0) is 23.6 Å². The number of nitrogens with one attached hydrogen (secondary N) is 1. The van der Waals surface area contributed by atoms with E-state index in [0.717, 1.165) is 9.88 Å². The van der Waals surface area contributed by atoms with E-state index >= 15 is 0 Å². The Morgan fingerprint density at radius 3 is 2.87 bits per heavy atom. The van der Waals surface area contributed by atoms with E-state index in [1.807, 2.05) is 29.6 Å². The molecule has 0 spiro atoms. The van der Waals surface area contributed by atoms with Crippen molar-refractivity contribution in [2.45, 2.75) is 6.42 Å². The van der Waals surface area contributed by atoms with Gasteiger partial charge in [0.1, 0.15) is 5.75 Å². The summed E-state index contributed by atoms with van der Waals surface area (Å²) >= 11 is 8.91. The predicted octanol–water partition coefficient (Wildman–Crippen LogP) is 4.33. The maximum atomic E-state index is 11.9. The molecule has 0 atom stereocenters. The third-order valence-electron chi connectivity index (χ3n) is 2.83. The largest absolute Gasteiger partial charge is 0.491 e. The van der Waals surface area contributed by atoms with Crippen molar-refractivity contribution < 1.29 is 9.53 Å². The first kappa shape index (κ1) is 15.9.